The summed E-state index contributed by atoms with van der Waals surface area (Å²) >= 11 is 0. The Morgan fingerprint density at radius 1 is 1.21 bits per heavy atom. The first kappa shape index (κ1) is 13.7. The molecule has 4 nitrogen and oxygen atoms in total. The number of likely N-dealkylation sites (tertiary alicyclic amines) is 1. The van der Waals surface area contributed by atoms with Crippen molar-refractivity contribution < 1.29 is 14.3 Å². The maximum Gasteiger partial charge on any atom is 0.176 e. The highest BCUT2D eigenvalue weighted by Crippen LogP contribution is 2.13. The van der Waals surface area contributed by atoms with E-state index in [0.29, 0.717) is 50.4 Å². The van der Waals surface area contributed by atoms with Gasteiger partial charge in [-0.2, -0.15) is 0 Å². The Bertz CT molecular complexity index is 443. The highest BCUT2D eigenvalue weighted by Gasteiger charge is 2.18. The molecule has 1 heterocycles. The van der Waals surface area contributed by atoms with Crippen molar-refractivity contribution in [3.05, 3.63) is 29.8 Å². The Balaban J connectivity index is 1.90. The van der Waals surface area contributed by atoms with E-state index in [-0.39, 0.29) is 5.78 Å². The molecule has 0 amide bonds. The highest BCUT2D eigenvalue weighted by molar-refractivity contribution is 5.97. The van der Waals surface area contributed by atoms with Gasteiger partial charge in [-0.15, -0.1) is 0 Å². The van der Waals surface area contributed by atoms with Gasteiger partial charge in [0.1, 0.15) is 11.5 Å². The van der Waals surface area contributed by atoms with Crippen molar-refractivity contribution in [3.63, 3.8) is 0 Å². The predicted molar refractivity (Wildman–Crippen MR) is 72.6 cm³/mol. The monoisotopic (exact) mass is 261 g/mol. The summed E-state index contributed by atoms with van der Waals surface area (Å²) in [7, 11) is 0. The van der Waals surface area contributed by atoms with Crippen LogP contribution in [0.4, 0.5) is 0 Å². The molecule has 4 heteroatoms. The third-order valence-electron chi connectivity index (χ3n) is 3.27. The van der Waals surface area contributed by atoms with Gasteiger partial charge in [-0.25, -0.2) is 0 Å². The third-order valence-corrected chi connectivity index (χ3v) is 3.27. The molecule has 102 valence electrons. The Morgan fingerprint density at radius 2 is 1.84 bits per heavy atom. The van der Waals surface area contributed by atoms with Crippen LogP contribution in [0.15, 0.2) is 24.3 Å². The van der Waals surface area contributed by atoms with Gasteiger partial charge in [0.05, 0.1) is 13.2 Å². The molecule has 1 aromatic carbocycles. The van der Waals surface area contributed by atoms with Crippen molar-refractivity contribution in [3.8, 4) is 5.75 Å². The molecular weight excluding hydrogens is 242 g/mol. The zero-order valence-electron chi connectivity index (χ0n) is 11.2. The lowest BCUT2D eigenvalue weighted by Gasteiger charge is -2.24. The second-order valence-electron chi connectivity index (χ2n) is 4.70. The molecule has 0 saturated carbocycles. The van der Waals surface area contributed by atoms with E-state index in [4.69, 9.17) is 4.74 Å². The highest BCUT2D eigenvalue weighted by atomic mass is 16.5. The van der Waals surface area contributed by atoms with Crippen molar-refractivity contribution in [2.24, 2.45) is 0 Å². The minimum absolute atomic E-state index is 0.0948. The van der Waals surface area contributed by atoms with Gasteiger partial charge in [0.15, 0.2) is 5.78 Å². The second-order valence-corrected chi connectivity index (χ2v) is 4.70. The molecule has 0 bridgehead atoms. The molecule has 0 N–H and O–H groups in total. The third kappa shape index (κ3) is 3.89. The van der Waals surface area contributed by atoms with E-state index in [9.17, 15) is 9.59 Å². The molecule has 0 aromatic heterocycles. The van der Waals surface area contributed by atoms with Crippen LogP contribution < -0.4 is 4.74 Å². The maximum absolute atomic E-state index is 12.1. The Hall–Kier alpha value is -1.68. The SMILES string of the molecule is CCOc1ccc(C(=O)CN2CCC(=O)CC2)cc1. The lowest BCUT2D eigenvalue weighted by molar-refractivity contribution is -0.121. The van der Waals surface area contributed by atoms with Crippen LogP contribution in [0.3, 0.4) is 0 Å². The van der Waals surface area contributed by atoms with E-state index >= 15 is 0 Å². The zero-order valence-corrected chi connectivity index (χ0v) is 11.2. The molecule has 1 aliphatic rings. The van der Waals surface area contributed by atoms with E-state index in [0.717, 1.165) is 5.75 Å². The van der Waals surface area contributed by atoms with Gasteiger partial charge in [-0.1, -0.05) is 0 Å². The number of benzene rings is 1. The van der Waals surface area contributed by atoms with E-state index in [2.05, 4.69) is 0 Å². The first-order valence-electron chi connectivity index (χ1n) is 6.69. The predicted octanol–water partition coefficient (Wildman–Crippen LogP) is 1.93. The molecule has 1 saturated heterocycles. The van der Waals surface area contributed by atoms with Gasteiger partial charge >= 0.3 is 0 Å². The van der Waals surface area contributed by atoms with Crippen molar-refractivity contribution >= 4 is 11.6 Å². The Morgan fingerprint density at radius 3 is 2.42 bits per heavy atom. The lowest BCUT2D eigenvalue weighted by Crippen LogP contribution is -2.37. The molecule has 2 rings (SSSR count). The number of Topliss-reactive ketones (excluding diaryl/α,β-unsaturated/α-hetero) is 2. The maximum atomic E-state index is 12.1. The molecule has 1 aliphatic heterocycles. The van der Waals surface area contributed by atoms with Crippen molar-refractivity contribution in [1.82, 2.24) is 4.90 Å². The standard InChI is InChI=1S/C15H19NO3/c1-2-19-14-5-3-12(4-6-14)15(18)11-16-9-7-13(17)8-10-16/h3-6H,2,7-11H2,1H3. The van der Waals surface area contributed by atoms with Gasteiger partial charge in [-0.05, 0) is 31.2 Å². The number of carbonyl (C=O) groups excluding carboxylic acids is 2. The summed E-state index contributed by atoms with van der Waals surface area (Å²) in [6.45, 7) is 4.33. The normalized spacial score (nSPS) is 16.4. The summed E-state index contributed by atoms with van der Waals surface area (Å²) in [5.41, 5.74) is 0.695. The number of ether oxygens (including phenoxy) is 1. The van der Waals surface area contributed by atoms with Gasteiger partial charge in [-0.3, -0.25) is 14.5 Å². The van der Waals surface area contributed by atoms with Crippen LogP contribution >= 0.6 is 0 Å². The van der Waals surface area contributed by atoms with Crippen LogP contribution in [0.25, 0.3) is 0 Å². The molecule has 0 atom stereocenters. The Labute approximate surface area is 113 Å². The number of nitrogens with zero attached hydrogens (tertiary/aromatic N) is 1. The molecule has 19 heavy (non-hydrogen) atoms. The summed E-state index contributed by atoms with van der Waals surface area (Å²) in [5.74, 6) is 1.17. The second kappa shape index (κ2) is 6.48. The molecular formula is C15H19NO3. The van der Waals surface area contributed by atoms with Gasteiger partial charge in [0.2, 0.25) is 0 Å². The number of rotatable bonds is 5. The number of ketones is 2. The largest absolute Gasteiger partial charge is 0.494 e. The lowest BCUT2D eigenvalue weighted by atomic mass is 10.1. The summed E-state index contributed by atoms with van der Waals surface area (Å²) in [4.78, 5) is 25.3. The molecule has 1 fully saturated rings. The van der Waals surface area contributed by atoms with Crippen LogP contribution in [0.5, 0.6) is 5.75 Å². The molecule has 0 unspecified atom stereocenters. The van der Waals surface area contributed by atoms with E-state index < -0.39 is 0 Å². The number of hydrogen-bond acceptors (Lipinski definition) is 4. The van der Waals surface area contributed by atoms with Crippen LogP contribution in [0.1, 0.15) is 30.1 Å². The fourth-order valence-corrected chi connectivity index (χ4v) is 2.16. The fourth-order valence-electron chi connectivity index (χ4n) is 2.16. The van der Waals surface area contributed by atoms with Gasteiger partial charge in [0, 0.05) is 31.5 Å². The molecule has 0 radical (unpaired) electrons. The molecule has 0 spiro atoms. The van der Waals surface area contributed by atoms with Crippen molar-refractivity contribution in [2.75, 3.05) is 26.2 Å². The average Bonchev–Trinajstić information content (AvgIpc) is 2.42. The first-order valence-corrected chi connectivity index (χ1v) is 6.69. The van der Waals surface area contributed by atoms with Gasteiger partial charge < -0.3 is 4.74 Å². The fraction of sp³-hybridized carbons (Fsp3) is 0.467. The van der Waals surface area contributed by atoms with Crippen LogP contribution in [-0.2, 0) is 4.79 Å². The first-order chi connectivity index (χ1) is 9.19. The van der Waals surface area contributed by atoms with E-state index in [1.54, 1.807) is 12.1 Å². The quantitative estimate of drug-likeness (QED) is 0.760. The zero-order chi connectivity index (χ0) is 13.7. The summed E-state index contributed by atoms with van der Waals surface area (Å²) < 4.78 is 5.34. The number of piperidine rings is 1. The average molecular weight is 261 g/mol. The number of hydrogen-bond donors (Lipinski definition) is 0. The van der Waals surface area contributed by atoms with E-state index in [1.165, 1.54) is 0 Å². The topological polar surface area (TPSA) is 46.6 Å². The minimum atomic E-state index is 0.0948. The van der Waals surface area contributed by atoms with Crippen LogP contribution in [0, 0.1) is 0 Å². The van der Waals surface area contributed by atoms with Crippen LogP contribution in [0.2, 0.25) is 0 Å². The van der Waals surface area contributed by atoms with Crippen molar-refractivity contribution in [1.29, 1.82) is 0 Å². The Kier molecular flexibility index (Phi) is 4.68. The summed E-state index contributed by atoms with van der Waals surface area (Å²) in [6, 6.07) is 7.22. The molecule has 0 aliphatic carbocycles. The van der Waals surface area contributed by atoms with Gasteiger partial charge in [0.25, 0.3) is 0 Å². The van der Waals surface area contributed by atoms with Crippen LogP contribution in [-0.4, -0.2) is 42.7 Å². The van der Waals surface area contributed by atoms with Crippen molar-refractivity contribution in [2.45, 2.75) is 19.8 Å². The number of carbonyl (C=O) groups is 2. The minimum Gasteiger partial charge on any atom is -0.494 e. The summed E-state index contributed by atoms with van der Waals surface area (Å²) in [6.07, 6.45) is 1.13. The smallest absolute Gasteiger partial charge is 0.176 e. The van der Waals surface area contributed by atoms with E-state index in [1.807, 2.05) is 24.0 Å². The summed E-state index contributed by atoms with van der Waals surface area (Å²) in [5, 5.41) is 0. The molecule has 1 aromatic rings.